The van der Waals surface area contributed by atoms with Gasteiger partial charge in [-0.25, -0.2) is 0 Å². The minimum atomic E-state index is -0.177. The lowest BCUT2D eigenvalue weighted by molar-refractivity contribution is 0.380. The van der Waals surface area contributed by atoms with Crippen LogP contribution < -0.4 is 0 Å². The Morgan fingerprint density at radius 2 is 0.900 bits per heavy atom. The summed E-state index contributed by atoms with van der Waals surface area (Å²) in [4.78, 5) is 0. The summed E-state index contributed by atoms with van der Waals surface area (Å²) in [6.07, 6.45) is 1.58. The van der Waals surface area contributed by atoms with Crippen LogP contribution in [0.15, 0.2) is 0 Å². The summed E-state index contributed by atoms with van der Waals surface area (Å²) in [5.41, 5.74) is 2.76. The zero-order valence-corrected chi connectivity index (χ0v) is 11.3. The van der Waals surface area contributed by atoms with Gasteiger partial charge in [-0.15, -0.1) is 0 Å². The molecule has 0 saturated carbocycles. The molecule has 0 aliphatic heterocycles. The van der Waals surface area contributed by atoms with Crippen molar-refractivity contribution in [2.45, 2.75) is 24.7 Å². The Bertz CT molecular complexity index is 637. The van der Waals surface area contributed by atoms with Gasteiger partial charge >= 0.3 is 0 Å². The summed E-state index contributed by atoms with van der Waals surface area (Å²) in [6.45, 7) is 0. The molecule has 0 radical (unpaired) electrons. The van der Waals surface area contributed by atoms with Gasteiger partial charge in [-0.05, 0) is 12.8 Å². The first kappa shape index (κ1) is 11.6. The molecule has 2 aromatic heterocycles. The van der Waals surface area contributed by atoms with Crippen molar-refractivity contribution in [3.8, 4) is 23.5 Å². The minimum absolute atomic E-state index is 0.0422. The normalized spacial score (nSPS) is 22.9. The van der Waals surface area contributed by atoms with Crippen molar-refractivity contribution >= 4 is 0 Å². The Morgan fingerprint density at radius 1 is 0.650 bits per heavy atom. The fraction of sp³-hybridized carbons (Fsp3) is 0.429. The molecule has 3 aliphatic rings. The van der Waals surface area contributed by atoms with E-state index in [4.69, 9.17) is 0 Å². The van der Waals surface area contributed by atoms with Crippen LogP contribution in [0.5, 0.6) is 23.5 Å². The second-order valence-corrected chi connectivity index (χ2v) is 5.75. The van der Waals surface area contributed by atoms with E-state index in [-0.39, 0.29) is 35.4 Å². The van der Waals surface area contributed by atoms with Crippen molar-refractivity contribution < 1.29 is 20.4 Å². The molecule has 106 valence electrons. The van der Waals surface area contributed by atoms with Crippen molar-refractivity contribution in [3.05, 3.63) is 22.3 Å². The second kappa shape index (κ2) is 3.26. The number of hydrogen-bond acceptors (Lipinski definition) is 4. The maximum Gasteiger partial charge on any atom is 0.197 e. The highest BCUT2D eigenvalue weighted by Gasteiger charge is 2.47. The number of aromatic nitrogens is 2. The molecule has 0 spiro atoms. The van der Waals surface area contributed by atoms with Gasteiger partial charge in [-0.2, -0.15) is 0 Å². The molecule has 2 heterocycles. The smallest absolute Gasteiger partial charge is 0.197 e. The molecule has 20 heavy (non-hydrogen) atoms. The van der Waals surface area contributed by atoms with Crippen molar-refractivity contribution in [1.29, 1.82) is 0 Å². The van der Waals surface area contributed by atoms with E-state index in [9.17, 15) is 20.4 Å². The number of hydrogen-bond donors (Lipinski definition) is 4. The van der Waals surface area contributed by atoms with Gasteiger partial charge in [-0.3, -0.25) is 9.13 Å². The number of nitrogens with zero attached hydrogens (tertiary/aromatic N) is 2. The van der Waals surface area contributed by atoms with Crippen LogP contribution in [0.1, 0.15) is 46.9 Å². The Labute approximate surface area is 115 Å². The third-order valence-electron chi connectivity index (χ3n) is 4.95. The van der Waals surface area contributed by atoms with E-state index in [0.717, 1.165) is 12.8 Å². The zero-order valence-electron chi connectivity index (χ0n) is 11.3. The average Bonchev–Trinajstić information content (AvgIpc) is 2.83. The van der Waals surface area contributed by atoms with E-state index in [1.165, 1.54) is 9.13 Å². The first-order chi connectivity index (χ1) is 9.45. The van der Waals surface area contributed by atoms with Gasteiger partial charge in [0, 0.05) is 48.2 Å². The molecule has 0 saturated heterocycles. The summed E-state index contributed by atoms with van der Waals surface area (Å²) in [7, 11) is 3.21. The van der Waals surface area contributed by atoms with Gasteiger partial charge < -0.3 is 20.4 Å². The van der Waals surface area contributed by atoms with E-state index in [0.29, 0.717) is 22.3 Å². The van der Waals surface area contributed by atoms with E-state index >= 15 is 0 Å². The van der Waals surface area contributed by atoms with Crippen LogP contribution in [0, 0.1) is 0 Å². The van der Waals surface area contributed by atoms with Gasteiger partial charge in [0.15, 0.2) is 23.5 Å². The van der Waals surface area contributed by atoms with E-state index in [1.54, 1.807) is 14.1 Å². The Kier molecular flexibility index (Phi) is 1.88. The SMILES string of the molecule is Cn1c(O)c2c(c1O)C1CCC2c2c1c(O)n(C)c2O. The maximum absolute atomic E-state index is 10.2. The van der Waals surface area contributed by atoms with E-state index < -0.39 is 0 Å². The molecule has 3 aliphatic carbocycles. The molecule has 0 aromatic carbocycles. The molecule has 2 bridgehead atoms. The van der Waals surface area contributed by atoms with Gasteiger partial charge in [0.1, 0.15) is 0 Å². The van der Waals surface area contributed by atoms with Crippen LogP contribution in [0.25, 0.3) is 0 Å². The lowest BCUT2D eigenvalue weighted by Crippen LogP contribution is -2.22. The Balaban J connectivity index is 2.10. The third kappa shape index (κ3) is 0.994. The van der Waals surface area contributed by atoms with Crippen LogP contribution >= 0.6 is 0 Å². The molecule has 2 aromatic rings. The van der Waals surface area contributed by atoms with Crippen molar-refractivity contribution in [2.75, 3.05) is 0 Å². The van der Waals surface area contributed by atoms with Crippen molar-refractivity contribution in [1.82, 2.24) is 9.13 Å². The first-order valence-electron chi connectivity index (χ1n) is 6.65. The topological polar surface area (TPSA) is 90.8 Å². The minimum Gasteiger partial charge on any atom is -0.494 e. The highest BCUT2D eigenvalue weighted by atomic mass is 16.3. The summed E-state index contributed by atoms with van der Waals surface area (Å²) in [5.74, 6) is -0.184. The average molecular weight is 276 g/mol. The Hall–Kier alpha value is -2.24. The van der Waals surface area contributed by atoms with Crippen LogP contribution in [-0.4, -0.2) is 29.6 Å². The van der Waals surface area contributed by atoms with Gasteiger partial charge in [0.05, 0.1) is 0 Å². The molecular weight excluding hydrogens is 260 g/mol. The van der Waals surface area contributed by atoms with Gasteiger partial charge in [-0.1, -0.05) is 0 Å². The zero-order chi connectivity index (χ0) is 14.3. The standard InChI is InChI=1S/C14H16N2O4/c1-15-11(17)7-5-3-4-6(8(7)12(15)18)10-9(5)13(19)16(2)14(10)20/h5-6,17-20H,3-4H2,1-2H3. The molecule has 0 amide bonds. The summed E-state index contributed by atoms with van der Waals surface area (Å²) >= 11 is 0. The molecular formula is C14H16N2O4. The predicted octanol–water partition coefficient (Wildman–Crippen LogP) is 1.56. The fourth-order valence-electron chi connectivity index (χ4n) is 3.98. The highest BCUT2D eigenvalue weighted by molar-refractivity contribution is 5.67. The van der Waals surface area contributed by atoms with E-state index in [2.05, 4.69) is 0 Å². The molecule has 6 nitrogen and oxygen atoms in total. The van der Waals surface area contributed by atoms with Crippen LogP contribution in [0.4, 0.5) is 0 Å². The number of fused-ring (bicyclic) bond motifs is 1. The summed E-state index contributed by atoms with van der Waals surface area (Å²) < 4.78 is 2.71. The highest BCUT2D eigenvalue weighted by Crippen LogP contribution is 2.62. The van der Waals surface area contributed by atoms with Crippen LogP contribution in [-0.2, 0) is 14.1 Å². The Morgan fingerprint density at radius 3 is 1.15 bits per heavy atom. The van der Waals surface area contributed by atoms with E-state index in [1.807, 2.05) is 0 Å². The van der Waals surface area contributed by atoms with Crippen molar-refractivity contribution in [3.63, 3.8) is 0 Å². The molecule has 0 atom stereocenters. The fourth-order valence-corrected chi connectivity index (χ4v) is 3.98. The predicted molar refractivity (Wildman–Crippen MR) is 70.4 cm³/mol. The largest absolute Gasteiger partial charge is 0.494 e. The molecule has 5 rings (SSSR count). The lowest BCUT2D eigenvalue weighted by atomic mass is 9.66. The monoisotopic (exact) mass is 276 g/mol. The number of aromatic hydroxyl groups is 4. The summed E-state index contributed by atoms with van der Waals surface area (Å²) in [5, 5.41) is 40.9. The van der Waals surface area contributed by atoms with Crippen LogP contribution in [0.3, 0.4) is 0 Å². The van der Waals surface area contributed by atoms with Crippen molar-refractivity contribution in [2.24, 2.45) is 14.1 Å². The van der Waals surface area contributed by atoms with Crippen LogP contribution in [0.2, 0.25) is 0 Å². The molecule has 0 unspecified atom stereocenters. The molecule has 6 heteroatoms. The lowest BCUT2D eigenvalue weighted by Gasteiger charge is -2.35. The van der Waals surface area contributed by atoms with Gasteiger partial charge in [0.25, 0.3) is 0 Å². The second-order valence-electron chi connectivity index (χ2n) is 5.75. The molecule has 0 fully saturated rings. The third-order valence-corrected chi connectivity index (χ3v) is 4.95. The maximum atomic E-state index is 10.2. The first-order valence-corrected chi connectivity index (χ1v) is 6.65. The quantitative estimate of drug-likeness (QED) is 0.587. The number of rotatable bonds is 0. The molecule has 4 N–H and O–H groups in total. The summed E-state index contributed by atoms with van der Waals surface area (Å²) in [6, 6.07) is 0. The van der Waals surface area contributed by atoms with Gasteiger partial charge in [0.2, 0.25) is 0 Å².